The molecule has 0 aliphatic carbocycles. The van der Waals surface area contributed by atoms with Crippen LogP contribution in [0.3, 0.4) is 0 Å². The highest BCUT2D eigenvalue weighted by Crippen LogP contribution is 2.21. The number of Topliss-reactive ketones (excluding diaryl/α,β-unsaturated/α-hetero) is 1. The molecular formula is C13H14N2O6. The summed E-state index contributed by atoms with van der Waals surface area (Å²) < 4.78 is 0. The number of benzene rings is 1. The number of carboxylic acids is 1. The van der Waals surface area contributed by atoms with Crippen LogP contribution in [0.5, 0.6) is 5.75 Å². The molecule has 112 valence electrons. The number of nitrogens with two attached hydrogens (primary N) is 1. The van der Waals surface area contributed by atoms with Gasteiger partial charge in [-0.15, -0.1) is 0 Å². The molecule has 0 aliphatic rings. The molecule has 1 rings (SSSR count). The summed E-state index contributed by atoms with van der Waals surface area (Å²) in [5.41, 5.74) is 5.22. The van der Waals surface area contributed by atoms with Crippen molar-refractivity contribution >= 4 is 23.8 Å². The fourth-order valence-electron chi connectivity index (χ4n) is 1.65. The van der Waals surface area contributed by atoms with Crippen LogP contribution >= 0.6 is 0 Å². The Balaban J connectivity index is 3.06. The zero-order valence-corrected chi connectivity index (χ0v) is 10.9. The van der Waals surface area contributed by atoms with Gasteiger partial charge in [-0.1, -0.05) is 5.16 Å². The monoisotopic (exact) mass is 294 g/mol. The molecule has 0 radical (unpaired) electrons. The average molecular weight is 294 g/mol. The number of hydrogen-bond acceptors (Lipinski definition) is 7. The van der Waals surface area contributed by atoms with E-state index < -0.39 is 17.8 Å². The molecule has 1 aromatic rings. The number of carbonyl (C=O) groups is 3. The molecule has 0 aromatic heterocycles. The molecule has 0 saturated heterocycles. The number of aliphatic carboxylic acids is 1. The summed E-state index contributed by atoms with van der Waals surface area (Å²) in [6.45, 7) is 0. The molecule has 5 N–H and O–H groups in total. The average Bonchev–Trinajstić information content (AvgIpc) is 2.46. The summed E-state index contributed by atoms with van der Waals surface area (Å²) >= 11 is 0. The molecular weight excluding hydrogens is 280 g/mol. The summed E-state index contributed by atoms with van der Waals surface area (Å²) in [6.07, 6.45) is -0.0947. The van der Waals surface area contributed by atoms with Crippen molar-refractivity contribution in [1.82, 2.24) is 0 Å². The minimum atomic E-state index is -1.10. The Morgan fingerprint density at radius 1 is 1.38 bits per heavy atom. The van der Waals surface area contributed by atoms with Gasteiger partial charge < -0.3 is 21.2 Å². The van der Waals surface area contributed by atoms with E-state index >= 15 is 0 Å². The van der Waals surface area contributed by atoms with E-state index in [1.807, 2.05) is 0 Å². The van der Waals surface area contributed by atoms with Gasteiger partial charge in [-0.25, -0.2) is 0 Å². The lowest BCUT2D eigenvalue weighted by Gasteiger charge is -2.11. The fraction of sp³-hybridized carbons (Fsp3) is 0.231. The van der Waals surface area contributed by atoms with Crippen molar-refractivity contribution in [3.05, 3.63) is 29.3 Å². The number of nitrogens with zero attached hydrogens (tertiary/aromatic N) is 1. The Morgan fingerprint density at radius 3 is 2.57 bits per heavy atom. The van der Waals surface area contributed by atoms with Gasteiger partial charge in [0, 0.05) is 12.0 Å². The van der Waals surface area contributed by atoms with Gasteiger partial charge in [0.15, 0.2) is 12.1 Å². The molecule has 0 heterocycles. The summed E-state index contributed by atoms with van der Waals surface area (Å²) in [5.74, 6) is -2.12. The van der Waals surface area contributed by atoms with Gasteiger partial charge in [0.25, 0.3) is 0 Å². The van der Waals surface area contributed by atoms with Crippen LogP contribution in [0, 0.1) is 0 Å². The van der Waals surface area contributed by atoms with E-state index in [0.29, 0.717) is 0 Å². The molecule has 0 bridgehead atoms. The number of phenolic OH excluding ortho intramolecular Hbond substituents is 1. The maximum Gasteiger partial charge on any atom is 0.303 e. The number of phenols is 1. The van der Waals surface area contributed by atoms with Crippen LogP contribution in [-0.4, -0.2) is 45.2 Å². The molecule has 8 nitrogen and oxygen atoms in total. The van der Waals surface area contributed by atoms with Crippen LogP contribution in [0.2, 0.25) is 0 Å². The predicted octanol–water partition coefficient (Wildman–Crippen LogP) is 0.144. The van der Waals surface area contributed by atoms with Crippen molar-refractivity contribution in [2.45, 2.75) is 18.9 Å². The van der Waals surface area contributed by atoms with Gasteiger partial charge in [0.2, 0.25) is 0 Å². The summed E-state index contributed by atoms with van der Waals surface area (Å²) in [7, 11) is 0. The third-order valence-electron chi connectivity index (χ3n) is 2.78. The molecule has 8 heteroatoms. The number of ketones is 1. The summed E-state index contributed by atoms with van der Waals surface area (Å²) in [5, 5.41) is 29.6. The molecule has 0 saturated carbocycles. The molecule has 0 unspecified atom stereocenters. The van der Waals surface area contributed by atoms with E-state index in [9.17, 15) is 19.5 Å². The van der Waals surface area contributed by atoms with Crippen LogP contribution in [0.4, 0.5) is 0 Å². The normalized spacial score (nSPS) is 12.7. The van der Waals surface area contributed by atoms with Crippen molar-refractivity contribution in [1.29, 1.82) is 0 Å². The van der Waals surface area contributed by atoms with Crippen molar-refractivity contribution in [2.75, 3.05) is 0 Å². The fourth-order valence-corrected chi connectivity index (χ4v) is 1.65. The van der Waals surface area contributed by atoms with Gasteiger partial charge in [0.1, 0.15) is 11.5 Å². The second kappa shape index (κ2) is 7.15. The number of carboxylic acid groups (broad SMARTS) is 1. The smallest absolute Gasteiger partial charge is 0.303 e. The quantitative estimate of drug-likeness (QED) is 0.184. The Bertz CT molecular complexity index is 596. The molecule has 0 amide bonds. The number of aldehydes is 1. The highest BCUT2D eigenvalue weighted by molar-refractivity contribution is 6.36. The first-order chi connectivity index (χ1) is 9.90. The van der Waals surface area contributed by atoms with E-state index in [1.165, 1.54) is 6.07 Å². The second-order valence-electron chi connectivity index (χ2n) is 4.24. The van der Waals surface area contributed by atoms with E-state index in [1.54, 1.807) is 0 Å². The summed E-state index contributed by atoms with van der Waals surface area (Å²) in [4.78, 5) is 33.2. The van der Waals surface area contributed by atoms with E-state index in [2.05, 4.69) is 5.16 Å². The maximum absolute atomic E-state index is 12.1. The van der Waals surface area contributed by atoms with Crippen molar-refractivity contribution in [3.8, 4) is 5.75 Å². The SMILES string of the molecule is N[C@H](CCC(=O)O)C(=O)c1cc(/C(C=O)=N/O)ccc1O. The van der Waals surface area contributed by atoms with Gasteiger partial charge in [0.05, 0.1) is 11.6 Å². The first kappa shape index (κ1) is 16.3. The number of oxime groups is 1. The molecule has 0 fully saturated rings. The van der Waals surface area contributed by atoms with Gasteiger partial charge in [-0.2, -0.15) is 0 Å². The third-order valence-corrected chi connectivity index (χ3v) is 2.78. The molecule has 1 aromatic carbocycles. The second-order valence-corrected chi connectivity index (χ2v) is 4.24. The van der Waals surface area contributed by atoms with Crippen LogP contribution in [0.25, 0.3) is 0 Å². The van der Waals surface area contributed by atoms with Gasteiger partial charge in [-0.3, -0.25) is 14.4 Å². The number of hydrogen-bond donors (Lipinski definition) is 4. The van der Waals surface area contributed by atoms with Crippen LogP contribution in [0.15, 0.2) is 23.4 Å². The largest absolute Gasteiger partial charge is 0.507 e. The van der Waals surface area contributed by atoms with E-state index in [4.69, 9.17) is 16.0 Å². The van der Waals surface area contributed by atoms with E-state index in [0.717, 1.165) is 12.1 Å². The van der Waals surface area contributed by atoms with Crippen molar-refractivity contribution < 1.29 is 29.8 Å². The Labute approximate surface area is 119 Å². The Kier molecular flexibility index (Phi) is 5.56. The van der Waals surface area contributed by atoms with E-state index in [-0.39, 0.29) is 41.7 Å². The number of aromatic hydroxyl groups is 1. The topological polar surface area (TPSA) is 150 Å². The molecule has 0 spiro atoms. The standard InChI is InChI=1S/C13H14N2O6/c14-9(2-4-12(18)19)13(20)8-5-7(1-3-11(8)17)10(6-16)15-21/h1,3,5-6,9,17,21H,2,4,14H2,(H,18,19)/b15-10+/t9-/m1/s1. The minimum absolute atomic E-state index is 0.0908. The van der Waals surface area contributed by atoms with Crippen LogP contribution in [-0.2, 0) is 9.59 Å². The van der Waals surface area contributed by atoms with Crippen molar-refractivity contribution in [3.63, 3.8) is 0 Å². The number of rotatable bonds is 7. The summed E-state index contributed by atoms with van der Waals surface area (Å²) in [6, 6.07) is 2.49. The third kappa shape index (κ3) is 4.11. The van der Waals surface area contributed by atoms with Crippen molar-refractivity contribution in [2.24, 2.45) is 10.9 Å². The first-order valence-electron chi connectivity index (χ1n) is 5.93. The minimum Gasteiger partial charge on any atom is -0.507 e. The first-order valence-corrected chi connectivity index (χ1v) is 5.93. The maximum atomic E-state index is 12.1. The zero-order valence-electron chi connectivity index (χ0n) is 10.9. The highest BCUT2D eigenvalue weighted by Gasteiger charge is 2.21. The number of carbonyl (C=O) groups excluding carboxylic acids is 2. The highest BCUT2D eigenvalue weighted by atomic mass is 16.4. The van der Waals surface area contributed by atoms with Crippen LogP contribution in [0.1, 0.15) is 28.8 Å². The molecule has 21 heavy (non-hydrogen) atoms. The Hall–Kier alpha value is -2.74. The van der Waals surface area contributed by atoms with Gasteiger partial charge >= 0.3 is 5.97 Å². The lowest BCUT2D eigenvalue weighted by atomic mass is 9.97. The van der Waals surface area contributed by atoms with Gasteiger partial charge in [-0.05, 0) is 24.6 Å². The zero-order chi connectivity index (χ0) is 16.0. The van der Waals surface area contributed by atoms with Crippen LogP contribution < -0.4 is 5.73 Å². The lowest BCUT2D eigenvalue weighted by molar-refractivity contribution is -0.137. The molecule has 0 aliphatic heterocycles. The molecule has 1 atom stereocenters. The Morgan fingerprint density at radius 2 is 2.05 bits per heavy atom. The predicted molar refractivity (Wildman–Crippen MR) is 71.7 cm³/mol. The lowest BCUT2D eigenvalue weighted by Crippen LogP contribution is -2.31.